The molecule has 4 aromatic carbocycles. The van der Waals surface area contributed by atoms with Gasteiger partial charge in [0.05, 0.1) is 22.8 Å². The highest BCUT2D eigenvalue weighted by atomic mass is 35.5. The molecule has 16 nitrogen and oxygen atoms in total. The van der Waals surface area contributed by atoms with Crippen LogP contribution in [0.15, 0.2) is 100 Å². The summed E-state index contributed by atoms with van der Waals surface area (Å²) in [5.74, 6) is -1.72. The van der Waals surface area contributed by atoms with Crippen LogP contribution in [-0.2, 0) is 40.5 Å². The minimum absolute atomic E-state index is 0.00281. The van der Waals surface area contributed by atoms with Crippen molar-refractivity contribution >= 4 is 74.5 Å². The molecule has 0 saturated carbocycles. The predicted octanol–water partition coefficient (Wildman–Crippen LogP) is 11.8. The van der Waals surface area contributed by atoms with Crippen LogP contribution in [-0.4, -0.2) is 140 Å². The molecule has 2 amide bonds. The number of benzene rings is 4. The summed E-state index contributed by atoms with van der Waals surface area (Å²) in [7, 11) is -13.4. The highest BCUT2D eigenvalue weighted by molar-refractivity contribution is 7.92. The number of halogens is 4. The molecule has 0 unspecified atom stereocenters. The van der Waals surface area contributed by atoms with Gasteiger partial charge < -0.3 is 29.4 Å². The lowest BCUT2D eigenvalue weighted by molar-refractivity contribution is -0.137. The van der Waals surface area contributed by atoms with Crippen LogP contribution in [0.5, 0.6) is 11.5 Å². The average molecular weight is 1230 g/mol. The first kappa shape index (κ1) is 65.1. The van der Waals surface area contributed by atoms with E-state index in [4.69, 9.17) is 25.9 Å². The molecule has 0 radical (unpaired) electrons. The van der Waals surface area contributed by atoms with Crippen LogP contribution in [0.2, 0.25) is 23.2 Å². The van der Waals surface area contributed by atoms with Crippen LogP contribution in [0.1, 0.15) is 114 Å². The number of alkyl halides is 3. The van der Waals surface area contributed by atoms with Gasteiger partial charge in [-0.15, -0.1) is 0 Å². The Morgan fingerprint density at radius 1 is 0.783 bits per heavy atom. The van der Waals surface area contributed by atoms with Crippen molar-refractivity contribution in [3.8, 4) is 11.5 Å². The zero-order chi connectivity index (χ0) is 60.5. The number of carboxylic acid groups (broad SMARTS) is 1. The number of carbonyl (C=O) groups is 3. The minimum atomic E-state index is -6.13. The smallest absolute Gasteiger partial charge is 0.481 e. The quantitative estimate of drug-likeness (QED) is 0.0443. The van der Waals surface area contributed by atoms with E-state index in [-0.39, 0.29) is 47.2 Å². The first-order valence-corrected chi connectivity index (χ1v) is 34.6. The Balaban J connectivity index is 1.07. The second-order valence-corrected chi connectivity index (χ2v) is 33.0. The fourth-order valence-corrected chi connectivity index (χ4v) is 13.3. The maximum absolute atomic E-state index is 14.4. The van der Waals surface area contributed by atoms with Gasteiger partial charge in [0, 0.05) is 101 Å². The molecule has 23 heteroatoms. The lowest BCUT2D eigenvalue weighted by atomic mass is 9.72. The second-order valence-electron chi connectivity index (χ2n) is 24.1. The number of piperazine rings is 2. The van der Waals surface area contributed by atoms with Gasteiger partial charge in [-0.1, -0.05) is 88.5 Å². The first-order valence-electron chi connectivity index (χ1n) is 28.4. The fourth-order valence-electron chi connectivity index (χ4n) is 10.2. The van der Waals surface area contributed by atoms with Gasteiger partial charge in [-0.2, -0.15) is 13.2 Å². The molecule has 0 atom stereocenters. The van der Waals surface area contributed by atoms with Crippen molar-refractivity contribution in [3.63, 3.8) is 0 Å². The number of carboxylic acids is 1. The standard InChI is InChI=1S/C60H80ClF3N6O10S2Si/c1-58(2,3)83(6,7)79-42-45-14-11-12-15-52(45)80-53-38-47(69-34-32-68(33-35-69)41-44-26-27-59(4,5)40-50(44)43-18-20-46(61)21-19-43)22-24-49(53)57(74)66-82(77,78)48-23-25-51(54(39-48)81(75,76)60(62,63)64)65-28-13-29-67-30-36-70(37-31-67)55(71)16-9-8-10-17-56(72)73/h11-12,14-15,18-25,38-39,65H,8-10,13,16-17,26-37,40-42H2,1-7H3,(H,66,74)(H,72,73). The number of hydrogen-bond donors (Lipinski definition) is 3. The van der Waals surface area contributed by atoms with Gasteiger partial charge in [0.25, 0.3) is 25.8 Å². The van der Waals surface area contributed by atoms with E-state index in [1.54, 1.807) is 29.2 Å². The first-order chi connectivity index (χ1) is 38.9. The van der Waals surface area contributed by atoms with Crippen molar-refractivity contribution in [1.82, 2.24) is 19.4 Å². The molecule has 3 aliphatic rings. The van der Waals surface area contributed by atoms with E-state index in [1.165, 1.54) is 22.8 Å². The van der Waals surface area contributed by atoms with Crippen LogP contribution >= 0.6 is 11.6 Å². The van der Waals surface area contributed by atoms with Crippen molar-refractivity contribution in [1.29, 1.82) is 0 Å². The molecule has 7 rings (SSSR count). The van der Waals surface area contributed by atoms with E-state index in [9.17, 15) is 44.4 Å². The number of sulfone groups is 1. The lowest BCUT2D eigenvalue weighted by Gasteiger charge is -2.39. The van der Waals surface area contributed by atoms with Crippen LogP contribution in [0.4, 0.5) is 24.5 Å². The fraction of sp³-hybridized carbons (Fsp3) is 0.517. The number of sulfonamides is 1. The van der Waals surface area contributed by atoms with Gasteiger partial charge in [-0.05, 0) is 128 Å². The van der Waals surface area contributed by atoms with Crippen LogP contribution in [0.3, 0.4) is 0 Å². The number of rotatable bonds is 24. The predicted molar refractivity (Wildman–Crippen MR) is 321 cm³/mol. The molecule has 0 aromatic heterocycles. The van der Waals surface area contributed by atoms with E-state index in [0.717, 1.165) is 51.0 Å². The van der Waals surface area contributed by atoms with Crippen molar-refractivity contribution in [3.05, 3.63) is 112 Å². The molecule has 2 fully saturated rings. The molecule has 2 saturated heterocycles. The van der Waals surface area contributed by atoms with Gasteiger partial charge in [0.2, 0.25) is 5.91 Å². The molecular formula is C60H80ClF3N6O10S2Si. The molecular weight excluding hydrogens is 1150 g/mol. The maximum atomic E-state index is 14.4. The Bertz CT molecular complexity index is 3210. The van der Waals surface area contributed by atoms with Crippen LogP contribution in [0.25, 0.3) is 5.57 Å². The zero-order valence-corrected chi connectivity index (χ0v) is 52.1. The van der Waals surface area contributed by atoms with E-state index in [2.05, 4.69) is 79.9 Å². The van der Waals surface area contributed by atoms with Crippen molar-refractivity contribution in [2.75, 3.05) is 82.2 Å². The number of unbranched alkanes of at least 4 members (excludes halogenated alkanes) is 2. The maximum Gasteiger partial charge on any atom is 0.501 e. The van der Waals surface area contributed by atoms with E-state index >= 15 is 0 Å². The highest BCUT2D eigenvalue weighted by Gasteiger charge is 2.48. The molecule has 2 aliphatic heterocycles. The van der Waals surface area contributed by atoms with Gasteiger partial charge in [0.15, 0.2) is 8.32 Å². The van der Waals surface area contributed by atoms with Crippen molar-refractivity contribution in [2.24, 2.45) is 5.41 Å². The highest BCUT2D eigenvalue weighted by Crippen LogP contribution is 2.44. The monoisotopic (exact) mass is 1230 g/mol. The van der Waals surface area contributed by atoms with Gasteiger partial charge in [-0.3, -0.25) is 24.2 Å². The zero-order valence-electron chi connectivity index (χ0n) is 48.7. The number of ether oxygens (including phenoxy) is 1. The molecule has 0 bridgehead atoms. The Morgan fingerprint density at radius 2 is 1.45 bits per heavy atom. The summed E-state index contributed by atoms with van der Waals surface area (Å²) in [5.41, 5.74) is -1.00. The number of nitrogens with one attached hydrogen (secondary N) is 2. The molecule has 454 valence electrons. The van der Waals surface area contributed by atoms with Crippen LogP contribution < -0.4 is 19.7 Å². The Labute approximate surface area is 493 Å². The summed E-state index contributed by atoms with van der Waals surface area (Å²) in [4.78, 5) is 44.0. The summed E-state index contributed by atoms with van der Waals surface area (Å²) < 4.78 is 112. The van der Waals surface area contributed by atoms with Gasteiger partial charge >= 0.3 is 11.5 Å². The number of anilines is 2. The van der Waals surface area contributed by atoms with E-state index < -0.39 is 61.0 Å². The lowest BCUT2D eigenvalue weighted by Crippen LogP contribution is -2.48. The molecule has 1 aliphatic carbocycles. The third kappa shape index (κ3) is 17.3. The molecule has 2 heterocycles. The summed E-state index contributed by atoms with van der Waals surface area (Å²) in [5, 5.41) is 12.2. The normalized spacial score (nSPS) is 16.9. The molecule has 0 spiro atoms. The van der Waals surface area contributed by atoms with E-state index in [0.29, 0.717) is 106 Å². The molecule has 3 N–H and O–H groups in total. The topological polar surface area (TPSA) is 195 Å². The summed E-state index contributed by atoms with van der Waals surface area (Å²) in [6, 6.07) is 22.2. The Kier molecular flexibility index (Phi) is 21.4. The third-order valence-electron chi connectivity index (χ3n) is 16.4. The summed E-state index contributed by atoms with van der Waals surface area (Å²) >= 11 is 6.27. The number of carbonyl (C=O) groups excluding carboxylic acids is 2. The number of aliphatic carboxylic acids is 1. The SMILES string of the molecule is CC1(C)CCC(CN2CCN(c3ccc(C(=O)NS(=O)(=O)c4ccc(NCCCN5CCN(C(=O)CCCCCC(=O)O)CC5)c(S(=O)(=O)C(F)(F)F)c4)c(Oc4ccccc4CO[Si](C)(C)C(C)(C)C)c3)CC2)=C(c2ccc(Cl)cc2)C1. The molecule has 4 aromatic rings. The second kappa shape index (κ2) is 27.3. The average Bonchev–Trinajstić information content (AvgIpc) is 3.14. The number of amides is 2. The van der Waals surface area contributed by atoms with Crippen molar-refractivity contribution in [2.45, 2.75) is 132 Å². The largest absolute Gasteiger partial charge is 0.501 e. The van der Waals surface area contributed by atoms with Crippen molar-refractivity contribution < 1.29 is 58.7 Å². The third-order valence-corrected chi connectivity index (χ3v) is 24.0. The van der Waals surface area contributed by atoms with E-state index in [1.807, 2.05) is 29.0 Å². The van der Waals surface area contributed by atoms with Gasteiger partial charge in [-0.25, -0.2) is 21.6 Å². The van der Waals surface area contributed by atoms with Gasteiger partial charge in [0.1, 0.15) is 16.4 Å². The number of hydrogen-bond acceptors (Lipinski definition) is 13. The summed E-state index contributed by atoms with van der Waals surface area (Å²) in [6.45, 7) is 21.4. The summed E-state index contributed by atoms with van der Waals surface area (Å²) in [6.07, 6.45) is 5.49. The Hall–Kier alpha value is -5.49. The van der Waals surface area contributed by atoms with Crippen LogP contribution in [0, 0.1) is 5.41 Å². The number of nitrogens with zero attached hydrogens (tertiary/aromatic N) is 4. The molecule has 83 heavy (non-hydrogen) atoms. The minimum Gasteiger partial charge on any atom is -0.481 e. The number of allylic oxidation sites excluding steroid dienone is 1. The number of para-hydroxylation sites is 1. The Morgan fingerprint density at radius 3 is 2.11 bits per heavy atom.